The van der Waals surface area contributed by atoms with E-state index in [2.05, 4.69) is 0 Å². The predicted molar refractivity (Wildman–Crippen MR) is 53.3 cm³/mol. The molecule has 1 unspecified atom stereocenters. The van der Waals surface area contributed by atoms with E-state index in [1.54, 1.807) is 0 Å². The van der Waals surface area contributed by atoms with Crippen LogP contribution in [0.4, 0.5) is 8.78 Å². The van der Waals surface area contributed by atoms with Gasteiger partial charge in [-0.15, -0.1) is 0 Å². The highest BCUT2D eigenvalue weighted by Crippen LogP contribution is 2.14. The van der Waals surface area contributed by atoms with E-state index in [4.69, 9.17) is 5.26 Å². The molecule has 6 heteroatoms. The number of alkyl halides is 2. The minimum Gasteiger partial charge on any atom is -0.227 e. The molecule has 0 amide bonds. The van der Waals surface area contributed by atoms with Gasteiger partial charge >= 0.3 is 0 Å². The SMILES string of the molecule is CCCCCS(=O)(=O)C(C#N)CC(F)F. The summed E-state index contributed by atoms with van der Waals surface area (Å²) < 4.78 is 46.8. The van der Waals surface area contributed by atoms with Gasteiger partial charge in [-0.3, -0.25) is 0 Å². The average molecular weight is 239 g/mol. The van der Waals surface area contributed by atoms with Crippen LogP contribution in [0.3, 0.4) is 0 Å². The molecule has 0 aliphatic carbocycles. The van der Waals surface area contributed by atoms with Crippen molar-refractivity contribution in [3.63, 3.8) is 0 Å². The zero-order valence-corrected chi connectivity index (χ0v) is 9.43. The second-order valence-corrected chi connectivity index (χ2v) is 5.62. The van der Waals surface area contributed by atoms with Crippen LogP contribution in [0.1, 0.15) is 32.6 Å². The quantitative estimate of drug-likeness (QED) is 0.639. The summed E-state index contributed by atoms with van der Waals surface area (Å²) >= 11 is 0. The third-order valence-corrected chi connectivity index (χ3v) is 4.02. The summed E-state index contributed by atoms with van der Waals surface area (Å²) in [7, 11) is -3.68. The van der Waals surface area contributed by atoms with Gasteiger partial charge in [0.25, 0.3) is 0 Å². The smallest absolute Gasteiger partial charge is 0.227 e. The first-order valence-corrected chi connectivity index (χ1v) is 6.55. The number of nitrogens with zero attached hydrogens (tertiary/aromatic N) is 1. The third-order valence-electron chi connectivity index (χ3n) is 2.00. The van der Waals surface area contributed by atoms with Gasteiger partial charge in [0.05, 0.1) is 11.8 Å². The molecular formula is C9H15F2NO2S. The molecule has 0 aromatic rings. The number of halogens is 2. The van der Waals surface area contributed by atoms with Crippen LogP contribution >= 0.6 is 0 Å². The Kier molecular flexibility index (Phi) is 6.41. The largest absolute Gasteiger partial charge is 0.240 e. The fourth-order valence-electron chi connectivity index (χ4n) is 1.14. The molecule has 0 aromatic carbocycles. The molecule has 0 aromatic heterocycles. The standard InChI is InChI=1S/C9H15F2NO2S/c1-2-3-4-5-15(13,14)8(7-12)6-9(10)11/h8-9H,2-6H2,1H3. The third kappa shape index (κ3) is 5.67. The van der Waals surface area contributed by atoms with Crippen molar-refractivity contribution in [1.82, 2.24) is 0 Å². The molecule has 0 rings (SSSR count). The normalized spacial score (nSPS) is 13.8. The van der Waals surface area contributed by atoms with E-state index >= 15 is 0 Å². The molecule has 0 radical (unpaired) electrons. The highest BCUT2D eigenvalue weighted by molar-refractivity contribution is 7.92. The van der Waals surface area contributed by atoms with Crippen molar-refractivity contribution >= 4 is 9.84 Å². The van der Waals surface area contributed by atoms with E-state index in [9.17, 15) is 17.2 Å². The molecule has 0 saturated heterocycles. The first-order chi connectivity index (χ1) is 6.94. The molecule has 0 bridgehead atoms. The van der Waals surface area contributed by atoms with Gasteiger partial charge in [0, 0.05) is 6.42 Å². The summed E-state index contributed by atoms with van der Waals surface area (Å²) in [6, 6.07) is 1.43. The maximum Gasteiger partial charge on any atom is 0.240 e. The number of rotatable bonds is 7. The minimum atomic E-state index is -3.68. The molecule has 15 heavy (non-hydrogen) atoms. The van der Waals surface area contributed by atoms with Gasteiger partial charge in [-0.05, 0) is 6.42 Å². The molecule has 88 valence electrons. The lowest BCUT2D eigenvalue weighted by atomic mass is 10.3. The summed E-state index contributed by atoms with van der Waals surface area (Å²) in [6.45, 7) is 1.91. The summed E-state index contributed by atoms with van der Waals surface area (Å²) in [5, 5.41) is 6.94. The van der Waals surface area contributed by atoms with Crippen LogP contribution in [0.5, 0.6) is 0 Å². The van der Waals surface area contributed by atoms with Crippen LogP contribution < -0.4 is 0 Å². The van der Waals surface area contributed by atoms with Crippen molar-refractivity contribution in [1.29, 1.82) is 5.26 Å². The van der Waals surface area contributed by atoms with Gasteiger partial charge in [0.2, 0.25) is 6.43 Å². The molecule has 0 aliphatic heterocycles. The van der Waals surface area contributed by atoms with E-state index < -0.39 is 27.9 Å². The van der Waals surface area contributed by atoms with E-state index in [-0.39, 0.29) is 5.75 Å². The van der Waals surface area contributed by atoms with E-state index in [1.165, 1.54) is 6.07 Å². The Labute approximate surface area is 89.0 Å². The Balaban J connectivity index is 4.34. The Morgan fingerprint density at radius 2 is 1.93 bits per heavy atom. The molecule has 3 nitrogen and oxygen atoms in total. The summed E-state index contributed by atoms with van der Waals surface area (Å²) in [4.78, 5) is 0. The first kappa shape index (κ1) is 14.3. The van der Waals surface area contributed by atoms with Crippen molar-refractivity contribution in [2.24, 2.45) is 0 Å². The lowest BCUT2D eigenvalue weighted by molar-refractivity contribution is 0.140. The van der Waals surface area contributed by atoms with Gasteiger partial charge in [-0.2, -0.15) is 5.26 Å². The van der Waals surface area contributed by atoms with Crippen LogP contribution in [0.2, 0.25) is 0 Å². The van der Waals surface area contributed by atoms with E-state index in [0.29, 0.717) is 6.42 Å². The number of unbranched alkanes of at least 4 members (excludes halogenated alkanes) is 2. The highest BCUT2D eigenvalue weighted by atomic mass is 32.2. The van der Waals surface area contributed by atoms with Gasteiger partial charge in [-0.1, -0.05) is 19.8 Å². The molecule has 0 aliphatic rings. The van der Waals surface area contributed by atoms with Crippen molar-refractivity contribution in [3.8, 4) is 6.07 Å². The lowest BCUT2D eigenvalue weighted by Crippen LogP contribution is -2.25. The summed E-state index contributed by atoms with van der Waals surface area (Å²) in [5.74, 6) is -0.175. The molecule has 0 N–H and O–H groups in total. The zero-order chi connectivity index (χ0) is 11.9. The van der Waals surface area contributed by atoms with Gasteiger partial charge in [-0.25, -0.2) is 17.2 Å². The van der Waals surface area contributed by atoms with Gasteiger partial charge in [0.15, 0.2) is 15.1 Å². The topological polar surface area (TPSA) is 57.9 Å². The predicted octanol–water partition coefficient (Wildman–Crippen LogP) is 2.14. The fourth-order valence-corrected chi connectivity index (χ4v) is 2.63. The van der Waals surface area contributed by atoms with Crippen LogP contribution in [0.25, 0.3) is 0 Å². The number of hydrogen-bond acceptors (Lipinski definition) is 3. The Morgan fingerprint density at radius 1 is 1.33 bits per heavy atom. The average Bonchev–Trinajstić information content (AvgIpc) is 2.14. The molecule has 1 atom stereocenters. The molecular weight excluding hydrogens is 224 g/mol. The van der Waals surface area contributed by atoms with Crippen molar-refractivity contribution in [3.05, 3.63) is 0 Å². The Hall–Kier alpha value is -0.700. The van der Waals surface area contributed by atoms with Crippen LogP contribution in [0, 0.1) is 11.3 Å². The Morgan fingerprint density at radius 3 is 2.33 bits per heavy atom. The fraction of sp³-hybridized carbons (Fsp3) is 0.889. The summed E-state index contributed by atoms with van der Waals surface area (Å²) in [5.41, 5.74) is 0. The number of hydrogen-bond donors (Lipinski definition) is 0. The monoisotopic (exact) mass is 239 g/mol. The second kappa shape index (κ2) is 6.72. The first-order valence-electron chi connectivity index (χ1n) is 4.83. The van der Waals surface area contributed by atoms with Gasteiger partial charge < -0.3 is 0 Å². The van der Waals surface area contributed by atoms with Crippen molar-refractivity contribution < 1.29 is 17.2 Å². The summed E-state index contributed by atoms with van der Waals surface area (Å²) in [6.07, 6.45) is -1.63. The van der Waals surface area contributed by atoms with Crippen LogP contribution in [0.15, 0.2) is 0 Å². The van der Waals surface area contributed by atoms with Crippen LogP contribution in [-0.4, -0.2) is 25.8 Å². The lowest BCUT2D eigenvalue weighted by Gasteiger charge is -2.09. The van der Waals surface area contributed by atoms with E-state index in [0.717, 1.165) is 12.8 Å². The van der Waals surface area contributed by atoms with Crippen molar-refractivity contribution in [2.75, 3.05) is 5.75 Å². The van der Waals surface area contributed by atoms with Crippen molar-refractivity contribution in [2.45, 2.75) is 44.3 Å². The molecule has 0 heterocycles. The van der Waals surface area contributed by atoms with Gasteiger partial charge in [0.1, 0.15) is 0 Å². The Bertz CT molecular complexity index is 309. The number of sulfone groups is 1. The molecule has 0 fully saturated rings. The highest BCUT2D eigenvalue weighted by Gasteiger charge is 2.27. The second-order valence-electron chi connectivity index (χ2n) is 3.32. The maximum atomic E-state index is 12.0. The molecule has 0 spiro atoms. The van der Waals surface area contributed by atoms with Crippen LogP contribution in [-0.2, 0) is 9.84 Å². The minimum absolute atomic E-state index is 0.175. The van der Waals surface area contributed by atoms with E-state index in [1.807, 2.05) is 6.92 Å². The molecule has 0 saturated carbocycles. The maximum absolute atomic E-state index is 12.0. The number of nitriles is 1. The zero-order valence-electron chi connectivity index (χ0n) is 8.62.